The average molecular weight is 820 g/mol. The zero-order valence-corrected chi connectivity index (χ0v) is 31.2. The Balaban J connectivity index is 0.00000650. The van der Waals surface area contributed by atoms with Gasteiger partial charge < -0.3 is 9.88 Å². The molecule has 0 aliphatic rings. The molecule has 49 heavy (non-hydrogen) atoms. The van der Waals surface area contributed by atoms with Crippen LogP contribution in [0.4, 0.5) is 17.1 Å². The Hall–Kier alpha value is -4.99. The van der Waals surface area contributed by atoms with E-state index < -0.39 is 33.5 Å². The third-order valence-electron chi connectivity index (χ3n) is 6.86. The third kappa shape index (κ3) is 9.78. The molecule has 0 aliphatic carbocycles. The van der Waals surface area contributed by atoms with Gasteiger partial charge in [-0.3, -0.25) is 4.79 Å². The molecule has 0 spiro atoms. The molecule has 1 radical (unpaired) electrons. The van der Waals surface area contributed by atoms with Crippen molar-refractivity contribution >= 4 is 99.7 Å². The number of amides is 4. The normalized spacial score (nSPS) is 10.7. The maximum absolute atomic E-state index is 13.2. The summed E-state index contributed by atoms with van der Waals surface area (Å²) >= 11 is 2.02. The van der Waals surface area contributed by atoms with E-state index in [0.717, 1.165) is 4.35 Å². The SMILES string of the molecule is C=C(Br)C(=O)Nc1cc(C(=O)Nc2cc(C(=O)Nc3cc(C(=O)[As]c4cc(C(=O)NCCN=C(N)N)n(C)c4)n(C)c3)n(C)c2)n(C)c1.Cl. The van der Waals surface area contributed by atoms with Crippen LogP contribution < -0.4 is 37.1 Å². The summed E-state index contributed by atoms with van der Waals surface area (Å²) < 4.78 is 7.17. The van der Waals surface area contributed by atoms with Crippen LogP contribution in [0.2, 0.25) is 0 Å². The Kier molecular flexibility index (Phi) is 12.9. The quantitative estimate of drug-likeness (QED) is 0.0378. The fourth-order valence-corrected chi connectivity index (χ4v) is 6.78. The van der Waals surface area contributed by atoms with Gasteiger partial charge in [0.1, 0.15) is 0 Å². The number of aryl methyl sites for hydroxylation is 4. The van der Waals surface area contributed by atoms with Gasteiger partial charge in [-0.25, -0.2) is 0 Å². The van der Waals surface area contributed by atoms with Crippen molar-refractivity contribution in [2.75, 3.05) is 29.0 Å². The molecule has 0 fully saturated rings. The largest absolute Gasteiger partial charge is 0.344 e. The third-order valence-corrected chi connectivity index (χ3v) is 9.19. The zero-order chi connectivity index (χ0) is 35.3. The van der Waals surface area contributed by atoms with Crippen LogP contribution in [-0.2, 0) is 33.0 Å². The molecule has 0 atom stereocenters. The summed E-state index contributed by atoms with van der Waals surface area (Å²) in [6.45, 7) is 4.02. The number of nitrogens with two attached hydrogens (primary N) is 2. The summed E-state index contributed by atoms with van der Waals surface area (Å²) in [5, 5.41) is 10.9. The van der Waals surface area contributed by atoms with Crippen LogP contribution in [0.3, 0.4) is 0 Å². The Morgan fingerprint density at radius 3 is 1.69 bits per heavy atom. The number of nitrogens with zero attached hydrogens (tertiary/aromatic N) is 5. The van der Waals surface area contributed by atoms with Crippen LogP contribution in [0.15, 0.2) is 65.1 Å². The molecule has 0 aliphatic heterocycles. The molecule has 0 bridgehead atoms. The summed E-state index contributed by atoms with van der Waals surface area (Å²) in [6.07, 6.45) is 6.56. The van der Waals surface area contributed by atoms with Crippen LogP contribution in [0.25, 0.3) is 0 Å². The van der Waals surface area contributed by atoms with Gasteiger partial charge in [0.05, 0.1) is 10.2 Å². The number of hydrogen-bond donors (Lipinski definition) is 6. The summed E-state index contributed by atoms with van der Waals surface area (Å²) in [5.41, 5.74) is 13.1. The number of hydrogen-bond acceptors (Lipinski definition) is 6. The van der Waals surface area contributed by atoms with Crippen molar-refractivity contribution in [2.24, 2.45) is 44.7 Å². The maximum atomic E-state index is 13.2. The second-order valence-electron chi connectivity index (χ2n) is 10.6. The van der Waals surface area contributed by atoms with Gasteiger partial charge in [0.15, 0.2) is 0 Å². The molecule has 19 heteroatoms. The standard InChI is InChI=1S/C30H34AsBrN11O5.ClH/c1-16(32)26(45)37-19-10-23(42(4)14-19)29(48)39-20-11-24(43(5)15-20)28(47)38-18-9-21(41(3)13-18)25(44)31-17-8-22(40(2)12-17)27(46)35-6-7-36-30(33)34;/h8-15H,1,6-7H2,2-5H3,(H,35,46)(H,37,45)(H,38,47)(H,39,48)(H4,33,34,36);1H. The first-order valence-corrected chi connectivity index (χ1v) is 16.8. The number of halogens is 2. The minimum atomic E-state index is -0.993. The van der Waals surface area contributed by atoms with E-state index in [4.69, 9.17) is 11.5 Å². The number of carbonyl (C=O) groups is 5. The molecule has 4 rings (SSSR count). The summed E-state index contributed by atoms with van der Waals surface area (Å²) in [6, 6.07) is 6.32. The van der Waals surface area contributed by atoms with E-state index in [1.54, 1.807) is 83.4 Å². The second-order valence-corrected chi connectivity index (χ2v) is 14.0. The first-order chi connectivity index (χ1) is 22.6. The molecular weight excluding hydrogens is 785 g/mol. The Morgan fingerprint density at radius 2 is 1.18 bits per heavy atom. The van der Waals surface area contributed by atoms with Crippen molar-refractivity contribution in [3.05, 3.63) is 82.9 Å². The van der Waals surface area contributed by atoms with E-state index in [0.29, 0.717) is 28.5 Å². The van der Waals surface area contributed by atoms with E-state index in [9.17, 15) is 24.0 Å². The maximum Gasteiger partial charge on any atom is 0.0276 e. The Labute approximate surface area is 302 Å². The first kappa shape index (κ1) is 38.5. The number of rotatable bonds is 13. The van der Waals surface area contributed by atoms with Crippen LogP contribution in [-0.4, -0.2) is 81.3 Å². The molecule has 16 nitrogen and oxygen atoms in total. The van der Waals surface area contributed by atoms with Gasteiger partial charge in [-0.15, -0.1) is 12.4 Å². The number of aromatic nitrogens is 4. The Bertz CT molecular complexity index is 1970. The molecule has 4 heterocycles. The van der Waals surface area contributed by atoms with E-state index in [-0.39, 0.29) is 57.8 Å². The predicted molar refractivity (Wildman–Crippen MR) is 194 cm³/mol. The van der Waals surface area contributed by atoms with Crippen LogP contribution in [0.1, 0.15) is 42.0 Å². The van der Waals surface area contributed by atoms with Crippen molar-refractivity contribution in [3.63, 3.8) is 0 Å². The van der Waals surface area contributed by atoms with Gasteiger partial charge >= 0.3 is 219 Å². The molecule has 0 saturated heterocycles. The fraction of sp³-hybridized carbons (Fsp3) is 0.200. The van der Waals surface area contributed by atoms with Gasteiger partial charge in [-0.2, -0.15) is 0 Å². The summed E-state index contributed by atoms with van der Waals surface area (Å²) in [5.74, 6) is -1.71. The smallest absolute Gasteiger partial charge is 0.0276 e. The van der Waals surface area contributed by atoms with Crippen molar-refractivity contribution < 1.29 is 24.0 Å². The molecule has 4 aromatic rings. The number of aliphatic imine (C=N–C) groups is 1. The molecule has 0 aromatic carbocycles. The van der Waals surface area contributed by atoms with Gasteiger partial charge in [-0.1, -0.05) is 6.58 Å². The molecule has 4 aromatic heterocycles. The second kappa shape index (κ2) is 16.4. The van der Waals surface area contributed by atoms with Crippen LogP contribution in [0, 0.1) is 0 Å². The van der Waals surface area contributed by atoms with Crippen molar-refractivity contribution in [2.45, 2.75) is 0 Å². The van der Waals surface area contributed by atoms with E-state index >= 15 is 0 Å². The van der Waals surface area contributed by atoms with Gasteiger partial charge in [-0.05, 0) is 22.0 Å². The van der Waals surface area contributed by atoms with Crippen molar-refractivity contribution in [1.29, 1.82) is 0 Å². The minimum Gasteiger partial charge on any atom is -0.344 e. The summed E-state index contributed by atoms with van der Waals surface area (Å²) in [7, 11) is 6.75. The first-order valence-electron chi connectivity index (χ1n) is 14.2. The molecule has 0 unspecified atom stereocenters. The van der Waals surface area contributed by atoms with Crippen LogP contribution >= 0.6 is 28.3 Å². The van der Waals surface area contributed by atoms with E-state index in [2.05, 4.69) is 48.8 Å². The number of guanidine groups is 1. The molecule has 259 valence electrons. The topological polar surface area (TPSA) is 218 Å². The van der Waals surface area contributed by atoms with Crippen LogP contribution in [0.5, 0.6) is 0 Å². The van der Waals surface area contributed by atoms with E-state index in [1.807, 2.05) is 0 Å². The van der Waals surface area contributed by atoms with Gasteiger partial charge in [0.25, 0.3) is 5.91 Å². The van der Waals surface area contributed by atoms with Crippen molar-refractivity contribution in [3.8, 4) is 0 Å². The molecule has 4 amide bonds. The minimum absolute atomic E-state index is 0. The average Bonchev–Trinajstić information content (AvgIpc) is 3.76. The zero-order valence-electron chi connectivity index (χ0n) is 26.9. The van der Waals surface area contributed by atoms with E-state index in [1.165, 1.54) is 12.1 Å². The number of carbonyl (C=O) groups excluding carboxylic acids is 5. The van der Waals surface area contributed by atoms with Gasteiger partial charge in [0, 0.05) is 13.2 Å². The van der Waals surface area contributed by atoms with Crippen molar-refractivity contribution in [1.82, 2.24) is 23.6 Å². The molecule has 0 saturated carbocycles. The number of nitrogens with one attached hydrogen (secondary N) is 4. The molecular formula is C30H35AsBrClN11O5. The van der Waals surface area contributed by atoms with Gasteiger partial charge in [0.2, 0.25) is 0 Å². The fourth-order valence-electron chi connectivity index (χ4n) is 4.61. The monoisotopic (exact) mass is 818 g/mol. The Morgan fingerprint density at radius 1 is 0.735 bits per heavy atom. The number of anilines is 3. The summed E-state index contributed by atoms with van der Waals surface area (Å²) in [4.78, 5) is 67.7. The molecule has 8 N–H and O–H groups in total. The predicted octanol–water partition coefficient (Wildman–Crippen LogP) is 0.987.